The van der Waals surface area contributed by atoms with E-state index >= 15 is 0 Å². The van der Waals surface area contributed by atoms with E-state index in [0.29, 0.717) is 11.1 Å². The lowest BCUT2D eigenvalue weighted by atomic mass is 10.3. The smallest absolute Gasteiger partial charge is 0.0832 e. The predicted octanol–water partition coefficient (Wildman–Crippen LogP) is 3.79. The summed E-state index contributed by atoms with van der Waals surface area (Å²) >= 11 is 9.59. The highest BCUT2D eigenvalue weighted by Crippen LogP contribution is 2.24. The summed E-state index contributed by atoms with van der Waals surface area (Å²) in [7, 11) is 0. The van der Waals surface area contributed by atoms with E-state index in [1.54, 1.807) is 4.68 Å². The van der Waals surface area contributed by atoms with Crippen molar-refractivity contribution in [3.05, 3.63) is 45.7 Å². The summed E-state index contributed by atoms with van der Waals surface area (Å²) in [5, 5.41) is 8.51. The van der Waals surface area contributed by atoms with Gasteiger partial charge in [-0.2, -0.15) is 5.10 Å². The monoisotopic (exact) mass is 327 g/mol. The zero-order chi connectivity index (χ0) is 13.1. The summed E-state index contributed by atoms with van der Waals surface area (Å²) in [6.45, 7) is 4.99. The average molecular weight is 329 g/mol. The second-order valence-corrected chi connectivity index (χ2v) is 5.71. The molecule has 2 rings (SSSR count). The first-order valence-corrected chi connectivity index (χ1v) is 6.96. The van der Waals surface area contributed by atoms with Gasteiger partial charge in [0.1, 0.15) is 0 Å². The van der Waals surface area contributed by atoms with Crippen molar-refractivity contribution >= 4 is 27.5 Å². The maximum Gasteiger partial charge on any atom is 0.0832 e. The van der Waals surface area contributed by atoms with E-state index in [9.17, 15) is 0 Å². The predicted molar refractivity (Wildman–Crippen MR) is 78.2 cm³/mol. The van der Waals surface area contributed by atoms with Crippen LogP contribution in [0.5, 0.6) is 0 Å². The molecule has 0 fully saturated rings. The molecular formula is C13H15BrClN3. The number of hydrogen-bond donors (Lipinski definition) is 1. The first-order valence-electron chi connectivity index (χ1n) is 5.79. The lowest BCUT2D eigenvalue weighted by Crippen LogP contribution is -2.22. The fourth-order valence-corrected chi connectivity index (χ4v) is 2.33. The number of nitrogens with one attached hydrogen (secondary N) is 1. The van der Waals surface area contributed by atoms with E-state index in [1.807, 2.05) is 30.5 Å². The zero-order valence-electron chi connectivity index (χ0n) is 10.3. The lowest BCUT2D eigenvalue weighted by Gasteiger charge is -2.06. The Morgan fingerprint density at radius 3 is 2.83 bits per heavy atom. The molecule has 2 aromatic rings. The molecule has 0 saturated heterocycles. The van der Waals surface area contributed by atoms with E-state index in [4.69, 9.17) is 11.6 Å². The van der Waals surface area contributed by atoms with Crippen molar-refractivity contribution < 1.29 is 0 Å². The fourth-order valence-electron chi connectivity index (χ4n) is 1.57. The van der Waals surface area contributed by atoms with Crippen LogP contribution < -0.4 is 5.32 Å². The topological polar surface area (TPSA) is 29.9 Å². The van der Waals surface area contributed by atoms with Gasteiger partial charge < -0.3 is 5.32 Å². The molecule has 0 bridgehead atoms. The Kier molecular flexibility index (Phi) is 4.43. The second kappa shape index (κ2) is 5.87. The third-order valence-electron chi connectivity index (χ3n) is 2.49. The van der Waals surface area contributed by atoms with Crippen molar-refractivity contribution in [3.8, 4) is 5.69 Å². The van der Waals surface area contributed by atoms with Gasteiger partial charge in [0, 0.05) is 23.3 Å². The number of nitrogens with zero attached hydrogens (tertiary/aromatic N) is 2. The van der Waals surface area contributed by atoms with Crippen LogP contribution in [0.2, 0.25) is 5.02 Å². The molecule has 0 radical (unpaired) electrons. The molecule has 0 unspecified atom stereocenters. The summed E-state index contributed by atoms with van der Waals surface area (Å²) in [4.78, 5) is 0. The van der Waals surface area contributed by atoms with Crippen LogP contribution in [0.3, 0.4) is 0 Å². The number of hydrogen-bond acceptors (Lipinski definition) is 2. The maximum absolute atomic E-state index is 6.19. The highest BCUT2D eigenvalue weighted by molar-refractivity contribution is 9.10. The summed E-state index contributed by atoms with van der Waals surface area (Å²) in [5.74, 6) is 0. The van der Waals surface area contributed by atoms with Gasteiger partial charge in [0.2, 0.25) is 0 Å². The van der Waals surface area contributed by atoms with Crippen LogP contribution in [-0.2, 0) is 6.54 Å². The number of halogens is 2. The van der Waals surface area contributed by atoms with E-state index in [1.165, 1.54) is 0 Å². The molecule has 1 N–H and O–H groups in total. The van der Waals surface area contributed by atoms with Gasteiger partial charge in [0.25, 0.3) is 0 Å². The van der Waals surface area contributed by atoms with Crippen molar-refractivity contribution in [2.45, 2.75) is 26.4 Å². The Morgan fingerprint density at radius 2 is 2.17 bits per heavy atom. The molecule has 0 aliphatic carbocycles. The Hall–Kier alpha value is -0.840. The van der Waals surface area contributed by atoms with Crippen LogP contribution in [0.1, 0.15) is 19.5 Å². The van der Waals surface area contributed by atoms with Gasteiger partial charge in [0.15, 0.2) is 0 Å². The molecule has 18 heavy (non-hydrogen) atoms. The van der Waals surface area contributed by atoms with E-state index in [0.717, 1.165) is 22.4 Å². The second-order valence-electron chi connectivity index (χ2n) is 4.38. The van der Waals surface area contributed by atoms with Crippen LogP contribution in [-0.4, -0.2) is 15.8 Å². The largest absolute Gasteiger partial charge is 0.309 e. The molecule has 0 aliphatic rings. The van der Waals surface area contributed by atoms with Gasteiger partial charge >= 0.3 is 0 Å². The summed E-state index contributed by atoms with van der Waals surface area (Å²) in [6.07, 6.45) is 1.92. The Morgan fingerprint density at radius 1 is 1.39 bits per heavy atom. The van der Waals surface area contributed by atoms with E-state index < -0.39 is 0 Å². The quantitative estimate of drug-likeness (QED) is 0.925. The van der Waals surface area contributed by atoms with Gasteiger partial charge in [0.05, 0.1) is 16.4 Å². The minimum Gasteiger partial charge on any atom is -0.309 e. The lowest BCUT2D eigenvalue weighted by molar-refractivity contribution is 0.578. The van der Waals surface area contributed by atoms with Gasteiger partial charge in [-0.1, -0.05) is 41.4 Å². The minimum absolute atomic E-state index is 0.450. The molecule has 96 valence electrons. The van der Waals surface area contributed by atoms with Crippen molar-refractivity contribution in [3.63, 3.8) is 0 Å². The molecule has 3 nitrogen and oxygen atoms in total. The van der Waals surface area contributed by atoms with Crippen LogP contribution in [0, 0.1) is 0 Å². The van der Waals surface area contributed by atoms with Crippen molar-refractivity contribution in [2.24, 2.45) is 0 Å². The van der Waals surface area contributed by atoms with Gasteiger partial charge in [-0.3, -0.25) is 0 Å². The first kappa shape index (κ1) is 13.6. The Balaban J connectivity index is 2.18. The Bertz CT molecular complexity index is 537. The van der Waals surface area contributed by atoms with Crippen molar-refractivity contribution in [1.82, 2.24) is 15.1 Å². The Labute approximate surface area is 120 Å². The summed E-state index contributed by atoms with van der Waals surface area (Å²) in [6, 6.07) is 8.21. The van der Waals surface area contributed by atoms with Crippen LogP contribution in [0.4, 0.5) is 0 Å². The van der Waals surface area contributed by atoms with Gasteiger partial charge in [-0.25, -0.2) is 4.68 Å². The number of rotatable bonds is 4. The molecule has 1 aromatic carbocycles. The van der Waals surface area contributed by atoms with E-state index in [2.05, 4.69) is 40.2 Å². The van der Waals surface area contributed by atoms with Crippen LogP contribution in [0.25, 0.3) is 5.69 Å². The molecule has 1 aromatic heterocycles. The molecule has 0 spiro atoms. The zero-order valence-corrected chi connectivity index (χ0v) is 12.7. The number of aromatic nitrogens is 2. The van der Waals surface area contributed by atoms with Crippen LogP contribution >= 0.6 is 27.5 Å². The molecular weight excluding hydrogens is 314 g/mol. The molecule has 0 atom stereocenters. The van der Waals surface area contributed by atoms with Crippen LogP contribution in [0.15, 0.2) is 34.9 Å². The summed E-state index contributed by atoms with van der Waals surface area (Å²) in [5.41, 5.74) is 1.89. The molecule has 1 heterocycles. The number of benzene rings is 1. The molecule has 0 saturated carbocycles. The van der Waals surface area contributed by atoms with Crippen molar-refractivity contribution in [2.75, 3.05) is 0 Å². The normalized spacial score (nSPS) is 11.2. The summed E-state index contributed by atoms with van der Waals surface area (Å²) < 4.78 is 2.76. The average Bonchev–Trinajstić information content (AvgIpc) is 2.75. The molecule has 5 heteroatoms. The fraction of sp³-hybridized carbons (Fsp3) is 0.308. The van der Waals surface area contributed by atoms with E-state index in [-0.39, 0.29) is 0 Å². The maximum atomic E-state index is 6.19. The highest BCUT2D eigenvalue weighted by atomic mass is 79.9. The third kappa shape index (κ3) is 3.34. The standard InChI is InChI=1S/C13H15BrClN3/c1-9(2)16-8-11-5-6-18(17-11)13-4-3-10(14)7-12(13)15/h3-7,9,16H,8H2,1-2H3. The SMILES string of the molecule is CC(C)NCc1ccn(-c2ccc(Br)cc2Cl)n1. The van der Waals surface area contributed by atoms with Crippen molar-refractivity contribution in [1.29, 1.82) is 0 Å². The molecule has 0 aliphatic heterocycles. The third-order valence-corrected chi connectivity index (χ3v) is 3.29. The minimum atomic E-state index is 0.450. The van der Waals surface area contributed by atoms with Gasteiger partial charge in [-0.05, 0) is 24.3 Å². The van der Waals surface area contributed by atoms with Gasteiger partial charge in [-0.15, -0.1) is 0 Å². The molecule has 0 amide bonds. The highest BCUT2D eigenvalue weighted by Gasteiger charge is 2.06. The first-order chi connectivity index (χ1) is 8.56.